The summed E-state index contributed by atoms with van der Waals surface area (Å²) >= 11 is 0. The fourth-order valence-corrected chi connectivity index (χ4v) is 1.96. The normalized spacial score (nSPS) is 20.0. The van der Waals surface area contributed by atoms with E-state index in [1.807, 2.05) is 0 Å². The molecule has 0 amide bonds. The van der Waals surface area contributed by atoms with Crippen LogP contribution in [-0.4, -0.2) is 49.0 Å². The third kappa shape index (κ3) is 5.50. The maximum absolute atomic E-state index is 8.66. The van der Waals surface area contributed by atoms with Gasteiger partial charge in [0.05, 0.1) is 19.3 Å². The largest absolute Gasteiger partial charge is 0.394 e. The van der Waals surface area contributed by atoms with Gasteiger partial charge in [0, 0.05) is 13.1 Å². The summed E-state index contributed by atoms with van der Waals surface area (Å²) in [6.07, 6.45) is 3.92. The predicted molar refractivity (Wildman–Crippen MR) is 62.0 cm³/mol. The average molecular weight is 215 g/mol. The molecule has 1 aliphatic rings. The first-order valence-electron chi connectivity index (χ1n) is 6.17. The van der Waals surface area contributed by atoms with Crippen molar-refractivity contribution in [2.75, 3.05) is 32.8 Å². The quantitative estimate of drug-likeness (QED) is 0.729. The van der Waals surface area contributed by atoms with Crippen LogP contribution in [0.4, 0.5) is 0 Å². The minimum atomic E-state index is 0.146. The van der Waals surface area contributed by atoms with Crippen molar-refractivity contribution in [1.29, 1.82) is 0 Å². The van der Waals surface area contributed by atoms with Gasteiger partial charge in [-0.2, -0.15) is 0 Å². The Morgan fingerprint density at radius 1 is 1.33 bits per heavy atom. The smallest absolute Gasteiger partial charge is 0.0701 e. The van der Waals surface area contributed by atoms with Gasteiger partial charge in [-0.05, 0) is 31.7 Å². The van der Waals surface area contributed by atoms with Crippen LogP contribution in [0, 0.1) is 5.92 Å². The highest BCUT2D eigenvalue weighted by Crippen LogP contribution is 2.14. The van der Waals surface area contributed by atoms with Crippen molar-refractivity contribution in [1.82, 2.24) is 4.90 Å². The summed E-state index contributed by atoms with van der Waals surface area (Å²) in [4.78, 5) is 2.53. The zero-order valence-corrected chi connectivity index (χ0v) is 10.1. The molecule has 0 aromatic heterocycles. The van der Waals surface area contributed by atoms with E-state index in [4.69, 9.17) is 9.84 Å². The zero-order chi connectivity index (χ0) is 11.1. The first kappa shape index (κ1) is 12.9. The number of nitrogens with zero attached hydrogens (tertiary/aromatic N) is 1. The molecule has 15 heavy (non-hydrogen) atoms. The number of likely N-dealkylation sites (tertiary alicyclic amines) is 1. The molecule has 3 nitrogen and oxygen atoms in total. The maximum atomic E-state index is 8.66. The van der Waals surface area contributed by atoms with Gasteiger partial charge in [0.1, 0.15) is 0 Å². The van der Waals surface area contributed by atoms with Crippen LogP contribution >= 0.6 is 0 Å². The Morgan fingerprint density at radius 3 is 2.53 bits per heavy atom. The lowest BCUT2D eigenvalue weighted by Crippen LogP contribution is -2.38. The molecular formula is C12H25NO2. The predicted octanol–water partition coefficient (Wildman–Crippen LogP) is 1.51. The summed E-state index contributed by atoms with van der Waals surface area (Å²) < 4.78 is 5.53. The van der Waals surface area contributed by atoms with Crippen LogP contribution < -0.4 is 0 Å². The van der Waals surface area contributed by atoms with Crippen molar-refractivity contribution in [3.63, 3.8) is 0 Å². The standard InChI is InChI=1S/C12H25NO2/c1-11(2)3-6-13-7-4-12(5-8-13)15-10-9-14/h11-12,14H,3-10H2,1-2H3. The first-order chi connectivity index (χ1) is 7.22. The van der Waals surface area contributed by atoms with Gasteiger partial charge in [0.15, 0.2) is 0 Å². The molecular weight excluding hydrogens is 190 g/mol. The molecule has 0 spiro atoms. The number of aliphatic hydroxyl groups excluding tert-OH is 1. The molecule has 1 fully saturated rings. The number of piperidine rings is 1. The lowest BCUT2D eigenvalue weighted by Gasteiger charge is -2.32. The van der Waals surface area contributed by atoms with Crippen molar-refractivity contribution in [2.24, 2.45) is 5.92 Å². The second kappa shape index (κ2) is 7.20. The minimum absolute atomic E-state index is 0.146. The molecule has 0 radical (unpaired) electrons. The van der Waals surface area contributed by atoms with Crippen molar-refractivity contribution in [3.8, 4) is 0 Å². The summed E-state index contributed by atoms with van der Waals surface area (Å²) in [5.74, 6) is 0.799. The van der Waals surface area contributed by atoms with Crippen LogP contribution in [0.1, 0.15) is 33.1 Å². The van der Waals surface area contributed by atoms with Gasteiger partial charge in [0.25, 0.3) is 0 Å². The Kier molecular flexibility index (Phi) is 6.22. The Hall–Kier alpha value is -0.120. The monoisotopic (exact) mass is 215 g/mol. The highest BCUT2D eigenvalue weighted by molar-refractivity contribution is 4.72. The number of hydrogen-bond donors (Lipinski definition) is 1. The molecule has 1 saturated heterocycles. The Labute approximate surface area is 93.4 Å². The second-order valence-electron chi connectivity index (χ2n) is 4.82. The van der Waals surface area contributed by atoms with Gasteiger partial charge < -0.3 is 14.7 Å². The summed E-state index contributed by atoms with van der Waals surface area (Å²) in [5.41, 5.74) is 0. The van der Waals surface area contributed by atoms with E-state index in [-0.39, 0.29) is 6.61 Å². The Balaban J connectivity index is 2.07. The third-order valence-corrected chi connectivity index (χ3v) is 3.00. The Morgan fingerprint density at radius 2 is 2.00 bits per heavy atom. The fourth-order valence-electron chi connectivity index (χ4n) is 1.96. The minimum Gasteiger partial charge on any atom is -0.394 e. The molecule has 0 aromatic carbocycles. The van der Waals surface area contributed by atoms with Gasteiger partial charge in [-0.15, -0.1) is 0 Å². The topological polar surface area (TPSA) is 32.7 Å². The molecule has 3 heteroatoms. The van der Waals surface area contributed by atoms with E-state index in [0.29, 0.717) is 12.7 Å². The summed E-state index contributed by atoms with van der Waals surface area (Å²) in [7, 11) is 0. The van der Waals surface area contributed by atoms with E-state index in [0.717, 1.165) is 31.8 Å². The van der Waals surface area contributed by atoms with E-state index in [1.165, 1.54) is 13.0 Å². The molecule has 1 N–H and O–H groups in total. The highest BCUT2D eigenvalue weighted by atomic mass is 16.5. The van der Waals surface area contributed by atoms with E-state index >= 15 is 0 Å². The van der Waals surface area contributed by atoms with E-state index in [9.17, 15) is 0 Å². The molecule has 1 heterocycles. The number of ether oxygens (including phenoxy) is 1. The maximum Gasteiger partial charge on any atom is 0.0701 e. The van der Waals surface area contributed by atoms with E-state index in [1.54, 1.807) is 0 Å². The molecule has 1 rings (SSSR count). The SMILES string of the molecule is CC(C)CCN1CCC(OCCO)CC1. The number of aliphatic hydroxyl groups is 1. The van der Waals surface area contributed by atoms with Crippen LogP contribution in [-0.2, 0) is 4.74 Å². The molecule has 0 bridgehead atoms. The summed E-state index contributed by atoms with van der Waals surface area (Å²) in [6.45, 7) is 8.73. The number of hydrogen-bond acceptors (Lipinski definition) is 3. The molecule has 0 unspecified atom stereocenters. The van der Waals surface area contributed by atoms with Gasteiger partial charge in [-0.3, -0.25) is 0 Å². The van der Waals surface area contributed by atoms with E-state index < -0.39 is 0 Å². The number of rotatable bonds is 6. The molecule has 0 aromatic rings. The van der Waals surface area contributed by atoms with Gasteiger partial charge in [-0.1, -0.05) is 13.8 Å². The highest BCUT2D eigenvalue weighted by Gasteiger charge is 2.18. The lowest BCUT2D eigenvalue weighted by molar-refractivity contribution is -0.00821. The second-order valence-corrected chi connectivity index (χ2v) is 4.82. The van der Waals surface area contributed by atoms with Crippen LogP contribution in [0.5, 0.6) is 0 Å². The average Bonchev–Trinajstić information content (AvgIpc) is 2.25. The molecule has 0 aliphatic carbocycles. The van der Waals surface area contributed by atoms with Gasteiger partial charge in [0.2, 0.25) is 0 Å². The third-order valence-electron chi connectivity index (χ3n) is 3.00. The van der Waals surface area contributed by atoms with Crippen LogP contribution in [0.15, 0.2) is 0 Å². The van der Waals surface area contributed by atoms with Crippen LogP contribution in [0.25, 0.3) is 0 Å². The van der Waals surface area contributed by atoms with Crippen molar-refractivity contribution in [2.45, 2.75) is 39.2 Å². The van der Waals surface area contributed by atoms with E-state index in [2.05, 4.69) is 18.7 Å². The fraction of sp³-hybridized carbons (Fsp3) is 1.00. The van der Waals surface area contributed by atoms with Crippen molar-refractivity contribution >= 4 is 0 Å². The van der Waals surface area contributed by atoms with Gasteiger partial charge in [-0.25, -0.2) is 0 Å². The van der Waals surface area contributed by atoms with Crippen molar-refractivity contribution < 1.29 is 9.84 Å². The summed E-state index contributed by atoms with van der Waals surface area (Å²) in [6, 6.07) is 0. The molecule has 0 saturated carbocycles. The molecule has 1 aliphatic heterocycles. The van der Waals surface area contributed by atoms with Crippen LogP contribution in [0.3, 0.4) is 0 Å². The summed E-state index contributed by atoms with van der Waals surface area (Å²) in [5, 5.41) is 8.66. The Bertz CT molecular complexity index is 154. The first-order valence-corrected chi connectivity index (χ1v) is 6.17. The van der Waals surface area contributed by atoms with Crippen molar-refractivity contribution in [3.05, 3.63) is 0 Å². The van der Waals surface area contributed by atoms with Gasteiger partial charge >= 0.3 is 0 Å². The molecule has 0 atom stereocenters. The van der Waals surface area contributed by atoms with Crippen LogP contribution in [0.2, 0.25) is 0 Å². The zero-order valence-electron chi connectivity index (χ0n) is 10.1. The molecule has 90 valence electrons. The lowest BCUT2D eigenvalue weighted by atomic mass is 10.1.